The van der Waals surface area contributed by atoms with Crippen LogP contribution in [0.1, 0.15) is 46.1 Å². The van der Waals surface area contributed by atoms with Gasteiger partial charge in [-0.25, -0.2) is 8.42 Å². The lowest BCUT2D eigenvalue weighted by atomic mass is 10.1. The molecule has 0 unspecified atom stereocenters. The average molecular weight is 312 g/mol. The predicted octanol–water partition coefficient (Wildman–Crippen LogP) is 2.98. The highest BCUT2D eigenvalue weighted by Crippen LogP contribution is 2.23. The lowest BCUT2D eigenvalue weighted by Crippen LogP contribution is -2.41. The molecule has 0 atom stereocenters. The maximum absolute atomic E-state index is 12.9. The second-order valence-electron chi connectivity index (χ2n) is 5.79. The van der Waals surface area contributed by atoms with Crippen LogP contribution in [0, 0.1) is 5.92 Å². The van der Waals surface area contributed by atoms with E-state index in [4.69, 9.17) is 5.73 Å². The van der Waals surface area contributed by atoms with Gasteiger partial charge in [0.15, 0.2) is 0 Å². The fourth-order valence-corrected chi connectivity index (χ4v) is 4.37. The first-order chi connectivity index (χ1) is 9.86. The Kier molecular flexibility index (Phi) is 6.84. The van der Waals surface area contributed by atoms with Crippen molar-refractivity contribution in [2.45, 2.75) is 58.0 Å². The summed E-state index contributed by atoms with van der Waals surface area (Å²) in [4.78, 5) is 0.354. The van der Waals surface area contributed by atoms with E-state index in [0.717, 1.165) is 18.4 Å². The maximum atomic E-state index is 12.9. The van der Waals surface area contributed by atoms with Gasteiger partial charge in [-0.05, 0) is 36.5 Å². The largest absolute Gasteiger partial charge is 0.326 e. The van der Waals surface area contributed by atoms with Gasteiger partial charge < -0.3 is 5.73 Å². The lowest BCUT2D eigenvalue weighted by molar-refractivity contribution is 0.277. The Balaban J connectivity index is 3.18. The summed E-state index contributed by atoms with van der Waals surface area (Å²) in [5.74, 6) is 0.295. The van der Waals surface area contributed by atoms with Gasteiger partial charge in [-0.1, -0.05) is 39.8 Å². The SMILES string of the molecule is CCC(CC)N(CC(C)C)S(=O)(=O)c1ccc(CN)cc1. The Bertz CT molecular complexity index is 520. The molecule has 0 aliphatic carbocycles. The Hall–Kier alpha value is -0.910. The van der Waals surface area contributed by atoms with Crippen LogP contribution in [0.5, 0.6) is 0 Å². The Labute approximate surface area is 129 Å². The highest BCUT2D eigenvalue weighted by Gasteiger charge is 2.30. The minimum Gasteiger partial charge on any atom is -0.326 e. The fraction of sp³-hybridized carbons (Fsp3) is 0.625. The third-order valence-corrected chi connectivity index (χ3v) is 5.59. The average Bonchev–Trinajstić information content (AvgIpc) is 2.47. The summed E-state index contributed by atoms with van der Waals surface area (Å²) in [5, 5.41) is 0. The molecule has 0 fully saturated rings. The molecule has 0 saturated carbocycles. The van der Waals surface area contributed by atoms with Crippen LogP contribution in [-0.2, 0) is 16.6 Å². The molecule has 0 radical (unpaired) electrons. The van der Waals surface area contributed by atoms with E-state index in [-0.39, 0.29) is 6.04 Å². The van der Waals surface area contributed by atoms with Crippen LogP contribution in [0.25, 0.3) is 0 Å². The van der Waals surface area contributed by atoms with E-state index in [1.807, 2.05) is 27.7 Å². The molecule has 0 aromatic heterocycles. The second-order valence-corrected chi connectivity index (χ2v) is 7.68. The van der Waals surface area contributed by atoms with Crippen LogP contribution in [0.3, 0.4) is 0 Å². The monoisotopic (exact) mass is 312 g/mol. The van der Waals surface area contributed by atoms with Gasteiger partial charge in [0.25, 0.3) is 0 Å². The van der Waals surface area contributed by atoms with Crippen molar-refractivity contribution in [2.24, 2.45) is 11.7 Å². The molecule has 5 heteroatoms. The van der Waals surface area contributed by atoms with Crippen molar-refractivity contribution in [3.05, 3.63) is 29.8 Å². The molecule has 0 aliphatic heterocycles. The van der Waals surface area contributed by atoms with Crippen LogP contribution in [-0.4, -0.2) is 25.3 Å². The third-order valence-electron chi connectivity index (χ3n) is 3.66. The zero-order chi connectivity index (χ0) is 16.0. The molecule has 120 valence electrons. The van der Waals surface area contributed by atoms with Crippen molar-refractivity contribution < 1.29 is 8.42 Å². The first kappa shape index (κ1) is 18.1. The van der Waals surface area contributed by atoms with Crippen LogP contribution in [0.15, 0.2) is 29.2 Å². The second kappa shape index (κ2) is 7.92. The Morgan fingerprint density at radius 2 is 1.62 bits per heavy atom. The first-order valence-corrected chi connectivity index (χ1v) is 9.11. The van der Waals surface area contributed by atoms with Crippen LogP contribution in [0.2, 0.25) is 0 Å². The van der Waals surface area contributed by atoms with E-state index in [0.29, 0.717) is 23.9 Å². The number of hydrogen-bond donors (Lipinski definition) is 1. The molecular formula is C16H28N2O2S. The van der Waals surface area contributed by atoms with E-state index in [9.17, 15) is 8.42 Å². The minimum atomic E-state index is -3.45. The van der Waals surface area contributed by atoms with Gasteiger partial charge in [-0.2, -0.15) is 4.31 Å². The molecule has 0 aliphatic rings. The minimum absolute atomic E-state index is 0.0478. The van der Waals surface area contributed by atoms with E-state index in [1.54, 1.807) is 28.6 Å². The standard InChI is InChI=1S/C16H28N2O2S/c1-5-15(6-2)18(12-13(3)4)21(19,20)16-9-7-14(11-17)8-10-16/h7-10,13,15H,5-6,11-12,17H2,1-4H3. The molecule has 0 spiro atoms. The predicted molar refractivity (Wildman–Crippen MR) is 87.4 cm³/mol. The summed E-state index contributed by atoms with van der Waals surface area (Å²) in [5.41, 5.74) is 6.50. The highest BCUT2D eigenvalue weighted by atomic mass is 32.2. The molecule has 4 nitrogen and oxygen atoms in total. The smallest absolute Gasteiger partial charge is 0.243 e. The number of nitrogens with zero attached hydrogens (tertiary/aromatic N) is 1. The van der Waals surface area contributed by atoms with Crippen molar-refractivity contribution in [1.29, 1.82) is 0 Å². The topological polar surface area (TPSA) is 63.4 Å². The van der Waals surface area contributed by atoms with Crippen molar-refractivity contribution in [3.8, 4) is 0 Å². The van der Waals surface area contributed by atoms with E-state index >= 15 is 0 Å². The molecule has 0 bridgehead atoms. The molecule has 0 heterocycles. The number of rotatable bonds is 8. The lowest BCUT2D eigenvalue weighted by Gasteiger charge is -2.31. The molecule has 21 heavy (non-hydrogen) atoms. The number of sulfonamides is 1. The van der Waals surface area contributed by atoms with Crippen LogP contribution < -0.4 is 5.73 Å². The normalized spacial score (nSPS) is 12.6. The third kappa shape index (κ3) is 4.53. The molecule has 0 saturated heterocycles. The molecule has 1 rings (SSSR count). The summed E-state index contributed by atoms with van der Waals surface area (Å²) < 4.78 is 27.5. The fourth-order valence-electron chi connectivity index (χ4n) is 2.43. The quantitative estimate of drug-likeness (QED) is 0.802. The summed E-state index contributed by atoms with van der Waals surface area (Å²) >= 11 is 0. The molecule has 1 aromatic carbocycles. The van der Waals surface area contributed by atoms with Crippen molar-refractivity contribution in [1.82, 2.24) is 4.31 Å². The molecular weight excluding hydrogens is 284 g/mol. The van der Waals surface area contributed by atoms with E-state index in [1.165, 1.54) is 0 Å². The zero-order valence-electron chi connectivity index (χ0n) is 13.5. The van der Waals surface area contributed by atoms with Gasteiger partial charge in [0.1, 0.15) is 0 Å². The van der Waals surface area contributed by atoms with E-state index in [2.05, 4.69) is 0 Å². The molecule has 1 aromatic rings. The summed E-state index contributed by atoms with van der Waals surface area (Å²) in [6, 6.07) is 6.94. The zero-order valence-corrected chi connectivity index (χ0v) is 14.4. The van der Waals surface area contributed by atoms with Crippen molar-refractivity contribution in [3.63, 3.8) is 0 Å². The van der Waals surface area contributed by atoms with Crippen LogP contribution in [0.4, 0.5) is 0 Å². The highest BCUT2D eigenvalue weighted by molar-refractivity contribution is 7.89. The summed E-state index contributed by atoms with van der Waals surface area (Å²) in [6.45, 7) is 9.13. The van der Waals surface area contributed by atoms with Gasteiger partial charge >= 0.3 is 0 Å². The number of benzene rings is 1. The van der Waals surface area contributed by atoms with Gasteiger partial charge in [-0.15, -0.1) is 0 Å². The van der Waals surface area contributed by atoms with Gasteiger partial charge in [0, 0.05) is 19.1 Å². The molecule has 0 amide bonds. The van der Waals surface area contributed by atoms with Crippen LogP contribution >= 0.6 is 0 Å². The van der Waals surface area contributed by atoms with E-state index < -0.39 is 10.0 Å². The van der Waals surface area contributed by atoms with Gasteiger partial charge in [-0.3, -0.25) is 0 Å². The van der Waals surface area contributed by atoms with Crippen molar-refractivity contribution in [2.75, 3.05) is 6.54 Å². The van der Waals surface area contributed by atoms with Gasteiger partial charge in [0.2, 0.25) is 10.0 Å². The summed E-state index contributed by atoms with van der Waals surface area (Å²) in [6.07, 6.45) is 1.65. The maximum Gasteiger partial charge on any atom is 0.243 e. The van der Waals surface area contributed by atoms with Crippen molar-refractivity contribution >= 4 is 10.0 Å². The Morgan fingerprint density at radius 3 is 2.00 bits per heavy atom. The Morgan fingerprint density at radius 1 is 1.10 bits per heavy atom. The number of nitrogens with two attached hydrogens (primary N) is 1. The number of hydrogen-bond acceptors (Lipinski definition) is 3. The summed E-state index contributed by atoms with van der Waals surface area (Å²) in [7, 11) is -3.45. The first-order valence-electron chi connectivity index (χ1n) is 7.67. The molecule has 2 N–H and O–H groups in total. The van der Waals surface area contributed by atoms with Gasteiger partial charge in [0.05, 0.1) is 4.90 Å².